The van der Waals surface area contributed by atoms with Gasteiger partial charge >= 0.3 is 0 Å². The van der Waals surface area contributed by atoms with Gasteiger partial charge in [-0.05, 0) is 26.0 Å². The molecule has 0 atom stereocenters. The second-order valence-corrected chi connectivity index (χ2v) is 5.12. The molecule has 0 fully saturated rings. The van der Waals surface area contributed by atoms with Gasteiger partial charge in [0.15, 0.2) is 5.65 Å². The van der Waals surface area contributed by atoms with E-state index in [1.54, 1.807) is 36.7 Å². The van der Waals surface area contributed by atoms with E-state index in [1.165, 1.54) is 0 Å². The first-order valence-corrected chi connectivity index (χ1v) is 5.82. The van der Waals surface area contributed by atoms with E-state index in [1.807, 2.05) is 0 Å². The van der Waals surface area contributed by atoms with Gasteiger partial charge in [-0.15, -0.1) is 5.10 Å². The predicted octanol–water partition coefficient (Wildman–Crippen LogP) is 1.31. The van der Waals surface area contributed by atoms with Crippen LogP contribution in [0, 0.1) is 5.41 Å². The van der Waals surface area contributed by atoms with Crippen LogP contribution in [0.4, 0.5) is 5.95 Å². The Hall–Kier alpha value is -1.82. The summed E-state index contributed by atoms with van der Waals surface area (Å²) in [5, 5.41) is 7.76. The molecule has 2 heterocycles. The van der Waals surface area contributed by atoms with E-state index >= 15 is 0 Å². The minimum atomic E-state index is -0.658. The zero-order valence-corrected chi connectivity index (χ0v) is 10.9. The second-order valence-electron chi connectivity index (χ2n) is 4.69. The number of rotatable bonds is 4. The normalized spacial score (nSPS) is 11.7. The molecule has 0 saturated heterocycles. The van der Waals surface area contributed by atoms with Gasteiger partial charge in [-0.3, -0.25) is 4.79 Å². The van der Waals surface area contributed by atoms with Gasteiger partial charge in [0, 0.05) is 12.7 Å². The number of carbonyl (C=O) groups excluding carboxylic acids is 1. The smallest absolute Gasteiger partial charge is 0.243 e. The monoisotopic (exact) mass is 267 g/mol. The Balaban J connectivity index is 2.15. The fourth-order valence-corrected chi connectivity index (χ4v) is 1.48. The van der Waals surface area contributed by atoms with Gasteiger partial charge in [-0.2, -0.15) is 4.98 Å². The summed E-state index contributed by atoms with van der Waals surface area (Å²) < 4.78 is 1.57. The highest BCUT2D eigenvalue weighted by Crippen LogP contribution is 2.16. The third-order valence-electron chi connectivity index (χ3n) is 2.65. The molecule has 0 aromatic carbocycles. The van der Waals surface area contributed by atoms with Gasteiger partial charge < -0.3 is 11.1 Å². The van der Waals surface area contributed by atoms with E-state index < -0.39 is 5.41 Å². The van der Waals surface area contributed by atoms with Crippen molar-refractivity contribution in [1.29, 1.82) is 0 Å². The SMILES string of the molecule is CC(C)(CNc1nc2ccc(Cl)cn2n1)C(N)=O. The number of hydrogen-bond donors (Lipinski definition) is 2. The van der Waals surface area contributed by atoms with E-state index in [2.05, 4.69) is 15.4 Å². The molecule has 0 radical (unpaired) electrons. The van der Waals surface area contributed by atoms with Gasteiger partial charge in [0.2, 0.25) is 11.9 Å². The van der Waals surface area contributed by atoms with Crippen LogP contribution in [-0.4, -0.2) is 27.0 Å². The standard InChI is InChI=1S/C11H14ClN5O/c1-11(2,9(13)18)6-14-10-15-8-4-3-7(12)5-17(8)16-10/h3-5H,6H2,1-2H3,(H2,13,18)(H,14,16). The first-order chi connectivity index (χ1) is 8.38. The molecular formula is C11H14ClN5O. The van der Waals surface area contributed by atoms with Crippen molar-refractivity contribution in [3.05, 3.63) is 23.4 Å². The summed E-state index contributed by atoms with van der Waals surface area (Å²) in [5.74, 6) is 0.0633. The van der Waals surface area contributed by atoms with E-state index in [4.69, 9.17) is 17.3 Å². The number of amides is 1. The van der Waals surface area contributed by atoms with Crippen LogP contribution in [0.2, 0.25) is 5.02 Å². The fourth-order valence-electron chi connectivity index (χ4n) is 1.32. The lowest BCUT2D eigenvalue weighted by molar-refractivity contribution is -0.125. The van der Waals surface area contributed by atoms with Gasteiger partial charge in [0.25, 0.3) is 0 Å². The number of nitrogens with zero attached hydrogens (tertiary/aromatic N) is 3. The molecular weight excluding hydrogens is 254 g/mol. The third kappa shape index (κ3) is 2.53. The van der Waals surface area contributed by atoms with Crippen LogP contribution in [0.5, 0.6) is 0 Å². The van der Waals surface area contributed by atoms with Crippen LogP contribution in [0.15, 0.2) is 18.3 Å². The van der Waals surface area contributed by atoms with Crippen LogP contribution >= 0.6 is 11.6 Å². The zero-order chi connectivity index (χ0) is 13.3. The van der Waals surface area contributed by atoms with Crippen LogP contribution in [0.25, 0.3) is 5.65 Å². The molecule has 6 nitrogen and oxygen atoms in total. The lowest BCUT2D eigenvalue weighted by atomic mass is 9.93. The summed E-state index contributed by atoms with van der Waals surface area (Å²) in [7, 11) is 0. The largest absolute Gasteiger partial charge is 0.369 e. The van der Waals surface area contributed by atoms with Gasteiger partial charge in [-0.1, -0.05) is 11.6 Å². The molecule has 7 heteroatoms. The topological polar surface area (TPSA) is 85.3 Å². The predicted molar refractivity (Wildman–Crippen MR) is 69.5 cm³/mol. The maximum absolute atomic E-state index is 11.2. The molecule has 2 aromatic heterocycles. The van der Waals surface area contributed by atoms with Crippen LogP contribution < -0.4 is 11.1 Å². The molecule has 18 heavy (non-hydrogen) atoms. The fraction of sp³-hybridized carbons (Fsp3) is 0.364. The average Bonchev–Trinajstić information content (AvgIpc) is 2.68. The Morgan fingerprint density at radius 1 is 1.56 bits per heavy atom. The summed E-state index contributed by atoms with van der Waals surface area (Å²) in [6.07, 6.45) is 1.66. The minimum absolute atomic E-state index is 0.368. The maximum atomic E-state index is 11.2. The quantitative estimate of drug-likeness (QED) is 0.874. The number of halogens is 1. The first-order valence-electron chi connectivity index (χ1n) is 5.44. The number of primary amides is 1. The number of anilines is 1. The van der Waals surface area contributed by atoms with Crippen molar-refractivity contribution in [1.82, 2.24) is 14.6 Å². The summed E-state index contributed by atoms with van der Waals surface area (Å²) in [4.78, 5) is 15.4. The molecule has 2 aromatic rings. The maximum Gasteiger partial charge on any atom is 0.243 e. The molecule has 0 bridgehead atoms. The summed E-state index contributed by atoms with van der Waals surface area (Å²) in [6.45, 7) is 3.89. The van der Waals surface area contributed by atoms with Crippen molar-refractivity contribution in [3.8, 4) is 0 Å². The highest BCUT2D eigenvalue weighted by Gasteiger charge is 2.25. The Morgan fingerprint density at radius 2 is 2.28 bits per heavy atom. The lowest BCUT2D eigenvalue weighted by Gasteiger charge is -2.19. The van der Waals surface area contributed by atoms with E-state index in [9.17, 15) is 4.79 Å². The van der Waals surface area contributed by atoms with Crippen molar-refractivity contribution < 1.29 is 4.79 Å². The number of pyridine rings is 1. The summed E-state index contributed by atoms with van der Waals surface area (Å²) in [6, 6.07) is 3.50. The number of nitrogens with two attached hydrogens (primary N) is 1. The molecule has 0 spiro atoms. The molecule has 0 aliphatic rings. The average molecular weight is 268 g/mol. The second kappa shape index (κ2) is 4.45. The molecule has 0 saturated carbocycles. The number of hydrogen-bond acceptors (Lipinski definition) is 4. The van der Waals surface area contributed by atoms with E-state index in [0.29, 0.717) is 23.2 Å². The summed E-state index contributed by atoms with van der Waals surface area (Å²) >= 11 is 5.85. The number of fused-ring (bicyclic) bond motifs is 1. The highest BCUT2D eigenvalue weighted by molar-refractivity contribution is 6.30. The Kier molecular flexibility index (Phi) is 3.13. The molecule has 96 valence electrons. The Labute approximate surface area is 109 Å². The first kappa shape index (κ1) is 12.6. The molecule has 0 aliphatic carbocycles. The van der Waals surface area contributed by atoms with Gasteiger partial charge in [0.05, 0.1) is 10.4 Å². The summed E-state index contributed by atoms with van der Waals surface area (Å²) in [5.41, 5.74) is 5.31. The zero-order valence-electron chi connectivity index (χ0n) is 10.1. The van der Waals surface area contributed by atoms with Crippen molar-refractivity contribution in [2.24, 2.45) is 11.1 Å². The highest BCUT2D eigenvalue weighted by atomic mass is 35.5. The number of carbonyl (C=O) groups is 1. The Bertz CT molecular complexity index is 592. The van der Waals surface area contributed by atoms with Gasteiger partial charge in [0.1, 0.15) is 0 Å². The van der Waals surface area contributed by atoms with Crippen LogP contribution in [-0.2, 0) is 4.79 Å². The van der Waals surface area contributed by atoms with Crippen LogP contribution in [0.1, 0.15) is 13.8 Å². The number of nitrogens with one attached hydrogen (secondary N) is 1. The van der Waals surface area contributed by atoms with Crippen molar-refractivity contribution >= 4 is 29.1 Å². The van der Waals surface area contributed by atoms with Crippen molar-refractivity contribution in [3.63, 3.8) is 0 Å². The minimum Gasteiger partial charge on any atom is -0.369 e. The van der Waals surface area contributed by atoms with Crippen LogP contribution in [0.3, 0.4) is 0 Å². The third-order valence-corrected chi connectivity index (χ3v) is 2.87. The number of aromatic nitrogens is 3. The molecule has 2 rings (SSSR count). The van der Waals surface area contributed by atoms with Crippen molar-refractivity contribution in [2.45, 2.75) is 13.8 Å². The van der Waals surface area contributed by atoms with E-state index in [-0.39, 0.29) is 5.91 Å². The molecule has 3 N–H and O–H groups in total. The molecule has 0 unspecified atom stereocenters. The molecule has 1 amide bonds. The Morgan fingerprint density at radius 3 is 2.94 bits per heavy atom. The van der Waals surface area contributed by atoms with E-state index in [0.717, 1.165) is 0 Å². The molecule has 0 aliphatic heterocycles. The lowest BCUT2D eigenvalue weighted by Crippen LogP contribution is -2.37. The van der Waals surface area contributed by atoms with Gasteiger partial charge in [-0.25, -0.2) is 4.52 Å². The van der Waals surface area contributed by atoms with Crippen molar-refractivity contribution in [2.75, 3.05) is 11.9 Å².